The number of methoxy groups -OCH3 is 1. The lowest BCUT2D eigenvalue weighted by Crippen LogP contribution is -2.48. The second kappa shape index (κ2) is 9.84. The van der Waals surface area contributed by atoms with Crippen molar-refractivity contribution in [1.82, 2.24) is 10.2 Å². The molecule has 0 spiro atoms. The maximum Gasteiger partial charge on any atom is 0.227 e. The largest absolute Gasteiger partial charge is 0.496 e. The number of rotatable bonds is 6. The lowest BCUT2D eigenvalue weighted by Gasteiger charge is -2.35. The van der Waals surface area contributed by atoms with Crippen molar-refractivity contribution in [1.29, 1.82) is 0 Å². The van der Waals surface area contributed by atoms with E-state index in [0.717, 1.165) is 49.8 Å². The molecule has 2 aliphatic rings. The highest BCUT2D eigenvalue weighted by atomic mass is 35.5. The number of likely N-dealkylation sites (tertiary alicyclic amines) is 1. The van der Waals surface area contributed by atoms with Crippen molar-refractivity contribution in [2.45, 2.75) is 63.7 Å². The Balaban J connectivity index is 1.55. The van der Waals surface area contributed by atoms with Gasteiger partial charge in [-0.05, 0) is 49.4 Å². The summed E-state index contributed by atoms with van der Waals surface area (Å²) < 4.78 is 5.50. The maximum atomic E-state index is 13.6. The fourth-order valence-electron chi connectivity index (χ4n) is 4.99. The van der Waals surface area contributed by atoms with Crippen molar-refractivity contribution >= 4 is 17.5 Å². The molecular weight excluding hydrogens is 396 g/mol. The Kier molecular flexibility index (Phi) is 6.96. The van der Waals surface area contributed by atoms with Gasteiger partial charge in [0.15, 0.2) is 0 Å². The van der Waals surface area contributed by atoms with E-state index in [1.165, 1.54) is 12.0 Å². The van der Waals surface area contributed by atoms with Crippen LogP contribution in [0.5, 0.6) is 5.75 Å². The molecular formula is C25H31ClN2O2. The normalized spacial score (nSPS) is 22.3. The van der Waals surface area contributed by atoms with Crippen LogP contribution in [-0.4, -0.2) is 24.1 Å². The number of benzene rings is 2. The van der Waals surface area contributed by atoms with E-state index in [4.69, 9.17) is 16.3 Å². The highest BCUT2D eigenvalue weighted by Gasteiger charge is 2.40. The Morgan fingerprint density at radius 1 is 1.07 bits per heavy atom. The third-order valence-corrected chi connectivity index (χ3v) is 6.78. The zero-order valence-corrected chi connectivity index (χ0v) is 18.4. The lowest BCUT2D eigenvalue weighted by atomic mass is 9.88. The Labute approximate surface area is 184 Å². The molecule has 4 rings (SSSR count). The molecule has 2 aromatic rings. The predicted octanol–water partition coefficient (Wildman–Crippen LogP) is 5.71. The summed E-state index contributed by atoms with van der Waals surface area (Å²) in [6.45, 7) is 0.615. The Bertz CT molecular complexity index is 851. The van der Waals surface area contributed by atoms with Gasteiger partial charge in [-0.25, -0.2) is 0 Å². The fraction of sp³-hybridized carbons (Fsp3) is 0.480. The van der Waals surface area contributed by atoms with Gasteiger partial charge in [-0.1, -0.05) is 61.2 Å². The van der Waals surface area contributed by atoms with Gasteiger partial charge < -0.3 is 9.64 Å². The predicted molar refractivity (Wildman–Crippen MR) is 120 cm³/mol. The first kappa shape index (κ1) is 21.2. The molecule has 4 nitrogen and oxygen atoms in total. The van der Waals surface area contributed by atoms with E-state index in [-0.39, 0.29) is 18.1 Å². The number of halogens is 1. The van der Waals surface area contributed by atoms with E-state index < -0.39 is 0 Å². The zero-order chi connectivity index (χ0) is 20.9. The zero-order valence-electron chi connectivity index (χ0n) is 17.6. The summed E-state index contributed by atoms with van der Waals surface area (Å²) >= 11 is 6.21. The Morgan fingerprint density at radius 2 is 1.83 bits per heavy atom. The van der Waals surface area contributed by atoms with E-state index in [0.29, 0.717) is 17.5 Å². The molecule has 0 radical (unpaired) electrons. The summed E-state index contributed by atoms with van der Waals surface area (Å²) in [5.74, 6) is 1.29. The minimum Gasteiger partial charge on any atom is -0.496 e. The van der Waals surface area contributed by atoms with Crippen molar-refractivity contribution in [2.24, 2.45) is 5.92 Å². The van der Waals surface area contributed by atoms with Crippen LogP contribution in [0.15, 0.2) is 48.5 Å². The Morgan fingerprint density at radius 3 is 2.57 bits per heavy atom. The van der Waals surface area contributed by atoms with Crippen LogP contribution in [0.2, 0.25) is 5.02 Å². The van der Waals surface area contributed by atoms with Gasteiger partial charge in [-0.15, -0.1) is 0 Å². The van der Waals surface area contributed by atoms with Gasteiger partial charge in [0, 0.05) is 23.0 Å². The molecule has 5 heteroatoms. The molecule has 2 unspecified atom stereocenters. The quantitative estimate of drug-likeness (QED) is 0.643. The van der Waals surface area contributed by atoms with Crippen LogP contribution in [0.4, 0.5) is 0 Å². The molecule has 2 aromatic carbocycles. The number of nitrogens with zero attached hydrogens (tertiary/aromatic N) is 1. The number of hydrogen-bond donors (Lipinski definition) is 1. The summed E-state index contributed by atoms with van der Waals surface area (Å²) in [6.07, 6.45) is 7.57. The molecule has 2 fully saturated rings. The molecule has 0 aromatic heterocycles. The van der Waals surface area contributed by atoms with E-state index in [2.05, 4.69) is 34.5 Å². The van der Waals surface area contributed by atoms with Gasteiger partial charge >= 0.3 is 0 Å². The standard InChI is InChI=1S/C25H31ClN2O2/c1-30-23-14-12-21(26)16-20(23)17-27-24-15-13-22(18-8-4-2-5-9-18)28(24)25(29)19-10-6-3-7-11-19/h2,4-5,8-9,12,14,16,19,22,24,27H,3,6-7,10-11,13,15,17H2,1H3. The van der Waals surface area contributed by atoms with Crippen LogP contribution < -0.4 is 10.1 Å². The summed E-state index contributed by atoms with van der Waals surface area (Å²) in [4.78, 5) is 15.8. The van der Waals surface area contributed by atoms with Crippen molar-refractivity contribution in [3.63, 3.8) is 0 Å². The van der Waals surface area contributed by atoms with Crippen molar-refractivity contribution in [2.75, 3.05) is 7.11 Å². The van der Waals surface area contributed by atoms with E-state index in [9.17, 15) is 4.79 Å². The van der Waals surface area contributed by atoms with E-state index in [1.54, 1.807) is 7.11 Å². The number of nitrogens with one attached hydrogen (secondary N) is 1. The van der Waals surface area contributed by atoms with E-state index in [1.807, 2.05) is 24.3 Å². The van der Waals surface area contributed by atoms with E-state index >= 15 is 0 Å². The molecule has 160 valence electrons. The van der Waals surface area contributed by atoms with Crippen molar-refractivity contribution in [3.8, 4) is 5.75 Å². The third kappa shape index (κ3) is 4.65. The second-order valence-electron chi connectivity index (χ2n) is 8.44. The van der Waals surface area contributed by atoms with Gasteiger partial charge in [0.05, 0.1) is 19.3 Å². The minimum absolute atomic E-state index is 0.0216. The molecule has 1 aliphatic carbocycles. The van der Waals surface area contributed by atoms with Crippen molar-refractivity contribution < 1.29 is 9.53 Å². The smallest absolute Gasteiger partial charge is 0.227 e. The van der Waals surface area contributed by atoms with Crippen LogP contribution in [-0.2, 0) is 11.3 Å². The number of amides is 1. The minimum atomic E-state index is 0.0216. The number of hydrogen-bond acceptors (Lipinski definition) is 3. The Hall–Kier alpha value is -2.04. The first-order valence-electron chi connectivity index (χ1n) is 11.1. The molecule has 1 N–H and O–H groups in total. The molecule has 1 aliphatic heterocycles. The first-order valence-corrected chi connectivity index (χ1v) is 11.5. The topological polar surface area (TPSA) is 41.6 Å². The van der Waals surface area contributed by atoms with Crippen LogP contribution in [0, 0.1) is 5.92 Å². The maximum absolute atomic E-state index is 13.6. The molecule has 2 atom stereocenters. The number of ether oxygens (including phenoxy) is 1. The van der Waals surface area contributed by atoms with Crippen molar-refractivity contribution in [3.05, 3.63) is 64.7 Å². The molecule has 0 bridgehead atoms. The van der Waals surface area contributed by atoms with Crippen LogP contribution in [0.3, 0.4) is 0 Å². The van der Waals surface area contributed by atoms with Gasteiger partial charge in [0.25, 0.3) is 0 Å². The molecule has 1 saturated heterocycles. The molecule has 30 heavy (non-hydrogen) atoms. The SMILES string of the molecule is COc1ccc(Cl)cc1CNC1CCC(c2ccccc2)N1C(=O)C1CCCCC1. The van der Waals surface area contributed by atoms with Crippen LogP contribution in [0.25, 0.3) is 0 Å². The van der Waals surface area contributed by atoms with Gasteiger partial charge in [0.1, 0.15) is 5.75 Å². The summed E-state index contributed by atoms with van der Waals surface area (Å²) in [5, 5.41) is 4.33. The summed E-state index contributed by atoms with van der Waals surface area (Å²) in [5.41, 5.74) is 2.24. The van der Waals surface area contributed by atoms with Gasteiger partial charge in [-0.2, -0.15) is 0 Å². The van der Waals surface area contributed by atoms with Crippen LogP contribution in [0.1, 0.15) is 62.1 Å². The van der Waals surface area contributed by atoms with Gasteiger partial charge in [-0.3, -0.25) is 10.1 Å². The second-order valence-corrected chi connectivity index (χ2v) is 8.87. The third-order valence-electron chi connectivity index (χ3n) is 6.55. The summed E-state index contributed by atoms with van der Waals surface area (Å²) in [6, 6.07) is 16.3. The average Bonchev–Trinajstić information content (AvgIpc) is 3.22. The fourth-order valence-corrected chi connectivity index (χ4v) is 5.19. The highest BCUT2D eigenvalue weighted by molar-refractivity contribution is 6.30. The molecule has 1 saturated carbocycles. The lowest BCUT2D eigenvalue weighted by molar-refractivity contribution is -0.140. The van der Waals surface area contributed by atoms with Crippen LogP contribution >= 0.6 is 11.6 Å². The monoisotopic (exact) mass is 426 g/mol. The molecule has 1 heterocycles. The average molecular weight is 427 g/mol. The molecule has 1 amide bonds. The first-order chi connectivity index (χ1) is 14.7. The number of carbonyl (C=O) groups is 1. The number of carbonyl (C=O) groups excluding carboxylic acids is 1. The summed E-state index contributed by atoms with van der Waals surface area (Å²) in [7, 11) is 1.67. The van der Waals surface area contributed by atoms with Gasteiger partial charge in [0.2, 0.25) is 5.91 Å². The highest BCUT2D eigenvalue weighted by Crippen LogP contribution is 2.38.